The fourth-order valence-corrected chi connectivity index (χ4v) is 0. The van der Waals surface area contributed by atoms with Gasteiger partial charge in [-0.15, -0.1) is 13.2 Å². The molecule has 0 radical (unpaired) electrons. The van der Waals surface area contributed by atoms with Crippen molar-refractivity contribution >= 4 is 0 Å². The maximum absolute atomic E-state index is 3.00. The van der Waals surface area contributed by atoms with E-state index in [9.17, 15) is 0 Å². The third-order valence-electron chi connectivity index (χ3n) is 0.333. The van der Waals surface area contributed by atoms with Crippen LogP contribution in [0.5, 0.6) is 0 Å². The molecule has 0 aliphatic rings. The molecule has 0 rings (SSSR count). The summed E-state index contributed by atoms with van der Waals surface area (Å²) >= 11 is 0. The van der Waals surface area contributed by atoms with Crippen LogP contribution in [0.15, 0.2) is 25.3 Å². The van der Waals surface area contributed by atoms with E-state index in [-0.39, 0.29) is 0 Å². The molecule has 0 aliphatic heterocycles. The van der Waals surface area contributed by atoms with Crippen molar-refractivity contribution in [3.05, 3.63) is 25.3 Å². The summed E-state index contributed by atoms with van der Waals surface area (Å²) in [7, 11) is 0. The van der Waals surface area contributed by atoms with Gasteiger partial charge in [-0.3, -0.25) is 0 Å². The second-order valence-electron chi connectivity index (χ2n) is 1.37. The van der Waals surface area contributed by atoms with E-state index in [0.29, 0.717) is 0 Å². The van der Waals surface area contributed by atoms with Gasteiger partial charge in [-0.1, -0.05) is 46.3 Å². The predicted octanol–water partition coefficient (Wildman–Crippen LogP) is 4.83. The Bertz CT molecular complexity index is 31.3. The molecule has 0 heterocycles. The fraction of sp³-hybridized carbons (Fsp3) is 0.636. The van der Waals surface area contributed by atoms with Crippen molar-refractivity contribution in [3.8, 4) is 0 Å². The standard InChI is InChI=1S/C4H8.C3H8.C2H6.C2H4/c1-3-4-2;1-3-2;2*1-2/h3-4H,1-2H3;3H2,1-2H3;1-2H3;1-2H2. The van der Waals surface area contributed by atoms with Gasteiger partial charge in [-0.25, -0.2) is 0 Å². The minimum Gasteiger partial charge on any atom is -0.106 e. The summed E-state index contributed by atoms with van der Waals surface area (Å²) in [5.41, 5.74) is 0. The fourth-order valence-electron chi connectivity index (χ4n) is 0. The van der Waals surface area contributed by atoms with E-state index in [1.807, 2.05) is 39.8 Å². The van der Waals surface area contributed by atoms with Crippen LogP contribution in [0.1, 0.15) is 48.0 Å². The minimum atomic E-state index is 1.25. The zero-order valence-corrected chi connectivity index (χ0v) is 9.28. The van der Waals surface area contributed by atoms with Crippen LogP contribution < -0.4 is 0 Å². The lowest BCUT2D eigenvalue weighted by Gasteiger charge is -1.49. The van der Waals surface area contributed by atoms with Gasteiger partial charge in [0.25, 0.3) is 0 Å². The summed E-state index contributed by atoms with van der Waals surface area (Å²) in [5, 5.41) is 0. The van der Waals surface area contributed by atoms with Gasteiger partial charge in [0.2, 0.25) is 0 Å². The first-order chi connectivity index (χ1) is 5.33. The highest BCUT2D eigenvalue weighted by atomic mass is 13.4. The number of hydrogen-bond donors (Lipinski definition) is 0. The monoisotopic (exact) mass is 158 g/mol. The Labute approximate surface area is 74.0 Å². The summed E-state index contributed by atoms with van der Waals surface area (Å²) in [6, 6.07) is 0. The minimum absolute atomic E-state index is 1.25. The molecule has 0 aromatic heterocycles. The zero-order chi connectivity index (χ0) is 10.1. The van der Waals surface area contributed by atoms with Gasteiger partial charge in [0, 0.05) is 0 Å². The Kier molecular flexibility index (Phi) is 226. The van der Waals surface area contributed by atoms with Crippen molar-refractivity contribution < 1.29 is 0 Å². The Hall–Kier alpha value is -0.520. The molecule has 0 aromatic rings. The highest BCUT2D eigenvalue weighted by molar-refractivity contribution is 4.68. The van der Waals surface area contributed by atoms with Gasteiger partial charge in [0.05, 0.1) is 0 Å². The molecule has 0 saturated carbocycles. The van der Waals surface area contributed by atoms with E-state index in [4.69, 9.17) is 0 Å². The van der Waals surface area contributed by atoms with Gasteiger partial charge in [-0.05, 0) is 13.8 Å². The van der Waals surface area contributed by atoms with Crippen molar-refractivity contribution in [2.45, 2.75) is 48.0 Å². The Morgan fingerprint density at radius 1 is 0.909 bits per heavy atom. The molecule has 0 bridgehead atoms. The SMILES string of the molecule is C=C.CC.CC=CC.CCC. The highest BCUT2D eigenvalue weighted by Crippen LogP contribution is 1.57. The first-order valence-corrected chi connectivity index (χ1v) is 4.40. The second kappa shape index (κ2) is 111. The summed E-state index contributed by atoms with van der Waals surface area (Å²) in [4.78, 5) is 0. The second-order valence-corrected chi connectivity index (χ2v) is 1.37. The molecule has 0 nitrogen and oxygen atoms in total. The summed E-state index contributed by atoms with van der Waals surface area (Å²) in [5.74, 6) is 0. The van der Waals surface area contributed by atoms with Crippen molar-refractivity contribution in [3.63, 3.8) is 0 Å². The smallest absolute Gasteiger partial charge is 0.0470 e. The molecule has 0 saturated heterocycles. The molecular formula is C11H26. The molecule has 0 aromatic carbocycles. The zero-order valence-electron chi connectivity index (χ0n) is 9.28. The Morgan fingerprint density at radius 3 is 1.00 bits per heavy atom. The van der Waals surface area contributed by atoms with Crippen molar-refractivity contribution in [2.24, 2.45) is 0 Å². The van der Waals surface area contributed by atoms with Crippen LogP contribution in [-0.2, 0) is 0 Å². The molecule has 0 heteroatoms. The van der Waals surface area contributed by atoms with E-state index in [1.54, 1.807) is 0 Å². The summed E-state index contributed by atoms with van der Waals surface area (Å²) in [6.45, 7) is 18.2. The molecule has 0 spiro atoms. The quantitative estimate of drug-likeness (QED) is 0.443. The normalized spacial score (nSPS) is 6.00. The lowest BCUT2D eigenvalue weighted by molar-refractivity contribution is 1.09. The lowest BCUT2D eigenvalue weighted by atomic mass is 10.6. The van der Waals surface area contributed by atoms with E-state index >= 15 is 0 Å². The van der Waals surface area contributed by atoms with Gasteiger partial charge < -0.3 is 0 Å². The van der Waals surface area contributed by atoms with E-state index in [2.05, 4.69) is 27.0 Å². The van der Waals surface area contributed by atoms with E-state index in [0.717, 1.165) is 0 Å². The third kappa shape index (κ3) is 2300. The maximum Gasteiger partial charge on any atom is -0.0470 e. The first kappa shape index (κ1) is 22.4. The van der Waals surface area contributed by atoms with E-state index in [1.165, 1.54) is 6.42 Å². The highest BCUT2D eigenvalue weighted by Gasteiger charge is 1.35. The largest absolute Gasteiger partial charge is 0.106 e. The number of hydrogen-bond acceptors (Lipinski definition) is 0. The van der Waals surface area contributed by atoms with Crippen molar-refractivity contribution in [2.75, 3.05) is 0 Å². The third-order valence-corrected chi connectivity index (χ3v) is 0.333. The van der Waals surface area contributed by atoms with Crippen LogP contribution in [0, 0.1) is 0 Å². The molecule has 0 amide bonds. The molecule has 0 aliphatic carbocycles. The molecule has 0 N–H and O–H groups in total. The number of rotatable bonds is 0. The summed E-state index contributed by atoms with van der Waals surface area (Å²) in [6.07, 6.45) is 5.25. The average molecular weight is 158 g/mol. The molecule has 0 atom stereocenters. The van der Waals surface area contributed by atoms with Crippen LogP contribution in [0.2, 0.25) is 0 Å². The van der Waals surface area contributed by atoms with E-state index < -0.39 is 0 Å². The Balaban J connectivity index is -0.0000000315. The van der Waals surface area contributed by atoms with Gasteiger partial charge >= 0.3 is 0 Å². The molecule has 11 heavy (non-hydrogen) atoms. The lowest BCUT2D eigenvalue weighted by Crippen LogP contribution is -1.27. The van der Waals surface area contributed by atoms with Crippen LogP contribution >= 0.6 is 0 Å². The molecule has 70 valence electrons. The van der Waals surface area contributed by atoms with Gasteiger partial charge in [0.1, 0.15) is 0 Å². The van der Waals surface area contributed by atoms with Gasteiger partial charge in [0.15, 0.2) is 0 Å². The van der Waals surface area contributed by atoms with Crippen molar-refractivity contribution in [1.29, 1.82) is 0 Å². The van der Waals surface area contributed by atoms with Gasteiger partial charge in [-0.2, -0.15) is 0 Å². The average Bonchev–Trinajstić information content (AvgIpc) is 2.12. The predicted molar refractivity (Wildman–Crippen MR) is 59.1 cm³/mol. The van der Waals surface area contributed by atoms with Crippen molar-refractivity contribution in [1.82, 2.24) is 0 Å². The van der Waals surface area contributed by atoms with Crippen LogP contribution in [0.3, 0.4) is 0 Å². The molecule has 0 unspecified atom stereocenters. The molecular weight excluding hydrogens is 132 g/mol. The summed E-state index contributed by atoms with van der Waals surface area (Å²) < 4.78 is 0. The number of allylic oxidation sites excluding steroid dienone is 2. The topological polar surface area (TPSA) is 0 Å². The Morgan fingerprint density at radius 2 is 1.00 bits per heavy atom. The maximum atomic E-state index is 3.00. The first-order valence-electron chi connectivity index (χ1n) is 4.40. The van der Waals surface area contributed by atoms with Crippen LogP contribution in [-0.4, -0.2) is 0 Å². The van der Waals surface area contributed by atoms with Crippen LogP contribution in [0.25, 0.3) is 0 Å². The van der Waals surface area contributed by atoms with Crippen LogP contribution in [0.4, 0.5) is 0 Å². The molecule has 0 fully saturated rings.